The highest BCUT2D eigenvalue weighted by atomic mass is 35.5. The van der Waals surface area contributed by atoms with Crippen molar-refractivity contribution in [3.05, 3.63) is 52.0 Å². The third-order valence-electron chi connectivity index (χ3n) is 4.13. The highest BCUT2D eigenvalue weighted by Crippen LogP contribution is 2.36. The van der Waals surface area contributed by atoms with E-state index in [1.165, 1.54) is 11.8 Å². The van der Waals surface area contributed by atoms with E-state index in [4.69, 9.17) is 32.7 Å². The number of thioether (sulfide) groups is 1. The number of carbonyl (C=O) groups excluding carboxylic acids is 1. The zero-order valence-corrected chi connectivity index (χ0v) is 17.2. The molecule has 1 aliphatic heterocycles. The normalized spacial score (nSPS) is 12.4. The highest BCUT2D eigenvalue weighted by molar-refractivity contribution is 8.00. The van der Waals surface area contributed by atoms with E-state index >= 15 is 0 Å². The predicted octanol–water partition coefficient (Wildman–Crippen LogP) is 4.92. The lowest BCUT2D eigenvalue weighted by molar-refractivity contribution is -0.113. The molecule has 0 aliphatic carbocycles. The van der Waals surface area contributed by atoms with Gasteiger partial charge >= 0.3 is 0 Å². The molecule has 0 bridgehead atoms. The smallest absolute Gasteiger partial charge is 0.234 e. The van der Waals surface area contributed by atoms with Crippen molar-refractivity contribution in [2.45, 2.75) is 5.03 Å². The van der Waals surface area contributed by atoms with Crippen molar-refractivity contribution in [2.24, 2.45) is 0 Å². The number of amides is 1. The van der Waals surface area contributed by atoms with E-state index in [0.717, 1.165) is 5.39 Å². The summed E-state index contributed by atoms with van der Waals surface area (Å²) in [7, 11) is 0. The van der Waals surface area contributed by atoms with E-state index in [2.05, 4.69) is 16.4 Å². The van der Waals surface area contributed by atoms with Crippen LogP contribution in [0, 0.1) is 11.3 Å². The fraction of sp³-hybridized carbons (Fsp3) is 0.150. The fourth-order valence-corrected chi connectivity index (χ4v) is 3.91. The summed E-state index contributed by atoms with van der Waals surface area (Å²) < 4.78 is 11.2. The van der Waals surface area contributed by atoms with E-state index in [9.17, 15) is 10.1 Å². The maximum atomic E-state index is 12.3. The first-order chi connectivity index (χ1) is 14.0. The maximum absolute atomic E-state index is 12.3. The van der Waals surface area contributed by atoms with Crippen LogP contribution in [0.2, 0.25) is 10.0 Å². The van der Waals surface area contributed by atoms with Crippen molar-refractivity contribution in [1.82, 2.24) is 4.98 Å². The molecule has 0 unspecified atom stereocenters. The molecular formula is C20H13Cl2N3O3S. The number of aromatic nitrogens is 1. The number of anilines is 1. The molecule has 0 spiro atoms. The van der Waals surface area contributed by atoms with Crippen molar-refractivity contribution >= 4 is 57.5 Å². The molecule has 1 aliphatic rings. The van der Waals surface area contributed by atoms with Crippen molar-refractivity contribution in [1.29, 1.82) is 5.26 Å². The summed E-state index contributed by atoms with van der Waals surface area (Å²) in [4.78, 5) is 16.9. The van der Waals surface area contributed by atoms with Crippen LogP contribution in [0.4, 0.5) is 5.69 Å². The Labute approximate surface area is 180 Å². The zero-order chi connectivity index (χ0) is 20.4. The molecule has 0 radical (unpaired) electrons. The number of hydrogen-bond acceptors (Lipinski definition) is 6. The van der Waals surface area contributed by atoms with Crippen molar-refractivity contribution < 1.29 is 14.3 Å². The van der Waals surface area contributed by atoms with Gasteiger partial charge in [-0.2, -0.15) is 5.26 Å². The molecular weight excluding hydrogens is 433 g/mol. The lowest BCUT2D eigenvalue weighted by Crippen LogP contribution is -2.15. The molecule has 1 amide bonds. The van der Waals surface area contributed by atoms with Crippen LogP contribution in [-0.2, 0) is 4.79 Å². The van der Waals surface area contributed by atoms with Crippen LogP contribution >= 0.6 is 35.0 Å². The van der Waals surface area contributed by atoms with E-state index < -0.39 is 0 Å². The van der Waals surface area contributed by atoms with Gasteiger partial charge in [0.25, 0.3) is 0 Å². The standard InChI is InChI=1S/C20H13Cl2N3O3S/c21-13-2-1-3-14(19(13)22)24-18(26)10-29-20-12(9-23)6-11-7-16-17(8-15(11)25-20)28-5-4-27-16/h1-3,6-8H,4-5,10H2,(H,24,26). The highest BCUT2D eigenvalue weighted by Gasteiger charge is 2.16. The van der Waals surface area contributed by atoms with Crippen molar-refractivity contribution in [2.75, 3.05) is 24.3 Å². The van der Waals surface area contributed by atoms with Gasteiger partial charge in [-0.25, -0.2) is 4.98 Å². The van der Waals surface area contributed by atoms with E-state index in [-0.39, 0.29) is 16.7 Å². The Bertz CT molecular complexity index is 1160. The summed E-state index contributed by atoms with van der Waals surface area (Å²) in [5, 5.41) is 14.1. The number of carbonyl (C=O) groups is 1. The van der Waals surface area contributed by atoms with E-state index in [0.29, 0.717) is 51.5 Å². The van der Waals surface area contributed by atoms with Gasteiger partial charge in [-0.05, 0) is 24.3 Å². The summed E-state index contributed by atoms with van der Waals surface area (Å²) in [5.74, 6) is 1.02. The molecule has 2 aromatic carbocycles. The summed E-state index contributed by atoms with van der Waals surface area (Å²) in [6.07, 6.45) is 0. The lowest BCUT2D eigenvalue weighted by Gasteiger charge is -2.18. The second-order valence-electron chi connectivity index (χ2n) is 6.08. The van der Waals surface area contributed by atoms with Gasteiger partial charge in [0, 0.05) is 11.5 Å². The Morgan fingerprint density at radius 1 is 1.21 bits per heavy atom. The summed E-state index contributed by atoms with van der Waals surface area (Å²) in [5.41, 5.74) is 1.47. The Balaban J connectivity index is 1.54. The fourth-order valence-electron chi connectivity index (χ4n) is 2.80. The number of rotatable bonds is 4. The van der Waals surface area contributed by atoms with Gasteiger partial charge in [0.1, 0.15) is 24.3 Å². The summed E-state index contributed by atoms with van der Waals surface area (Å²) >= 11 is 13.2. The second-order valence-corrected chi connectivity index (χ2v) is 7.83. The van der Waals surface area contributed by atoms with Crippen molar-refractivity contribution in [3.8, 4) is 17.6 Å². The molecule has 4 rings (SSSR count). The number of pyridine rings is 1. The molecule has 0 saturated heterocycles. The average molecular weight is 446 g/mol. The Hall–Kier alpha value is -2.66. The number of halogens is 2. The Morgan fingerprint density at radius 3 is 2.72 bits per heavy atom. The van der Waals surface area contributed by atoms with Crippen LogP contribution < -0.4 is 14.8 Å². The Kier molecular flexibility index (Phi) is 5.67. The first-order valence-corrected chi connectivity index (χ1v) is 10.3. The predicted molar refractivity (Wildman–Crippen MR) is 113 cm³/mol. The first kappa shape index (κ1) is 19.6. The number of nitrogens with one attached hydrogen (secondary N) is 1. The summed E-state index contributed by atoms with van der Waals surface area (Å²) in [6, 6.07) is 12.4. The molecule has 29 heavy (non-hydrogen) atoms. The maximum Gasteiger partial charge on any atom is 0.234 e. The van der Waals surface area contributed by atoms with Crippen molar-refractivity contribution in [3.63, 3.8) is 0 Å². The number of hydrogen-bond donors (Lipinski definition) is 1. The molecule has 6 nitrogen and oxygen atoms in total. The monoisotopic (exact) mass is 445 g/mol. The quantitative estimate of drug-likeness (QED) is 0.573. The van der Waals surface area contributed by atoms with Crippen LogP contribution in [0.15, 0.2) is 41.4 Å². The van der Waals surface area contributed by atoms with E-state index in [1.807, 2.05) is 0 Å². The van der Waals surface area contributed by atoms with E-state index in [1.54, 1.807) is 36.4 Å². The van der Waals surface area contributed by atoms with Gasteiger partial charge in [-0.1, -0.05) is 41.0 Å². The number of ether oxygens (including phenoxy) is 2. The lowest BCUT2D eigenvalue weighted by atomic mass is 10.1. The minimum absolute atomic E-state index is 0.0561. The molecule has 146 valence electrons. The third-order valence-corrected chi connectivity index (χ3v) is 5.94. The molecule has 0 fully saturated rings. The van der Waals surface area contributed by atoms with Gasteiger partial charge in [-0.15, -0.1) is 0 Å². The number of nitrogens with zero attached hydrogens (tertiary/aromatic N) is 2. The Morgan fingerprint density at radius 2 is 1.97 bits per heavy atom. The molecule has 3 aromatic rings. The van der Waals surface area contributed by atoms with Gasteiger partial charge in [0.05, 0.1) is 32.6 Å². The third kappa shape index (κ3) is 4.20. The van der Waals surface area contributed by atoms with Crippen LogP contribution in [0.5, 0.6) is 11.5 Å². The van der Waals surface area contributed by atoms with Crippen LogP contribution in [0.25, 0.3) is 10.9 Å². The summed E-state index contributed by atoms with van der Waals surface area (Å²) in [6.45, 7) is 0.958. The minimum Gasteiger partial charge on any atom is -0.486 e. The molecule has 1 aromatic heterocycles. The van der Waals surface area contributed by atoms with Gasteiger partial charge in [0.15, 0.2) is 11.5 Å². The molecule has 2 heterocycles. The van der Waals surface area contributed by atoms with Gasteiger partial charge < -0.3 is 14.8 Å². The zero-order valence-electron chi connectivity index (χ0n) is 14.9. The largest absolute Gasteiger partial charge is 0.486 e. The SMILES string of the molecule is N#Cc1cc2cc3c(cc2nc1SCC(=O)Nc1cccc(Cl)c1Cl)OCCO3. The minimum atomic E-state index is -0.285. The molecule has 9 heteroatoms. The van der Waals surface area contributed by atoms with Crippen LogP contribution in [-0.4, -0.2) is 29.9 Å². The number of nitriles is 1. The molecule has 1 N–H and O–H groups in total. The van der Waals surface area contributed by atoms with Crippen LogP contribution in [0.1, 0.15) is 5.56 Å². The average Bonchev–Trinajstić information content (AvgIpc) is 2.73. The van der Waals surface area contributed by atoms with Gasteiger partial charge in [0.2, 0.25) is 5.91 Å². The molecule has 0 saturated carbocycles. The van der Waals surface area contributed by atoms with Crippen LogP contribution in [0.3, 0.4) is 0 Å². The molecule has 0 atom stereocenters. The second kappa shape index (κ2) is 8.37. The topological polar surface area (TPSA) is 84.2 Å². The number of benzene rings is 2. The number of fused-ring (bicyclic) bond motifs is 2. The van der Waals surface area contributed by atoms with Gasteiger partial charge in [-0.3, -0.25) is 4.79 Å². The first-order valence-electron chi connectivity index (χ1n) is 8.56.